The van der Waals surface area contributed by atoms with Crippen LogP contribution in [0.1, 0.15) is 47.5 Å². The second-order valence-corrected chi connectivity index (χ2v) is 5.66. The van der Waals surface area contributed by atoms with Crippen molar-refractivity contribution < 1.29 is 19.4 Å². The molecule has 6 nitrogen and oxygen atoms in total. The summed E-state index contributed by atoms with van der Waals surface area (Å²) in [4.78, 5) is 21.1. The van der Waals surface area contributed by atoms with Gasteiger partial charge in [0.1, 0.15) is 0 Å². The monoisotopic (exact) mass is 314 g/mol. The number of nitrogens with one attached hydrogen (secondary N) is 1. The molecule has 4 atom stereocenters. The highest BCUT2D eigenvalue weighted by Gasteiger charge is 2.34. The molecule has 1 fully saturated rings. The predicted molar refractivity (Wildman–Crippen MR) is 86.0 cm³/mol. The van der Waals surface area contributed by atoms with Crippen LogP contribution in [-0.2, 0) is 14.3 Å². The maximum atomic E-state index is 10.8. The molecule has 128 valence electrons. The summed E-state index contributed by atoms with van der Waals surface area (Å²) in [6, 6.07) is 0.0222. The fourth-order valence-corrected chi connectivity index (χ4v) is 2.00. The minimum Gasteiger partial charge on any atom is -0.394 e. The van der Waals surface area contributed by atoms with Gasteiger partial charge >= 0.3 is 0 Å². The summed E-state index contributed by atoms with van der Waals surface area (Å²) >= 11 is 0. The quantitative estimate of drug-likeness (QED) is 0.675. The van der Waals surface area contributed by atoms with Gasteiger partial charge < -0.3 is 15.6 Å². The first kappa shape index (κ1) is 20.8. The molecule has 0 spiro atoms. The average Bonchev–Trinajstić information content (AvgIpc) is 2.86. The lowest BCUT2D eigenvalue weighted by atomic mass is 9.98. The normalized spacial score (nSPS) is 26.0. The van der Waals surface area contributed by atoms with Crippen LogP contribution in [0, 0.1) is 5.92 Å². The lowest BCUT2D eigenvalue weighted by Crippen LogP contribution is -2.32. The van der Waals surface area contributed by atoms with E-state index < -0.39 is 0 Å². The number of imide groups is 1. The van der Waals surface area contributed by atoms with E-state index in [0.29, 0.717) is 11.5 Å². The van der Waals surface area contributed by atoms with E-state index in [1.54, 1.807) is 19.9 Å². The van der Waals surface area contributed by atoms with Crippen LogP contribution in [0.25, 0.3) is 0 Å². The SMILES string of the molecule is C/C=C(/C)C(=O)NC(C)=O.CCC(C)C1C[C@H](N)[C@@H](CO)O1. The van der Waals surface area contributed by atoms with Crippen molar-refractivity contribution >= 4 is 11.8 Å². The maximum Gasteiger partial charge on any atom is 0.253 e. The molecule has 0 radical (unpaired) electrons. The van der Waals surface area contributed by atoms with Gasteiger partial charge in [-0.3, -0.25) is 14.9 Å². The summed E-state index contributed by atoms with van der Waals surface area (Å²) < 4.78 is 5.60. The van der Waals surface area contributed by atoms with E-state index in [9.17, 15) is 9.59 Å². The van der Waals surface area contributed by atoms with E-state index in [4.69, 9.17) is 15.6 Å². The van der Waals surface area contributed by atoms with Gasteiger partial charge in [0.05, 0.1) is 18.8 Å². The van der Waals surface area contributed by atoms with Crippen LogP contribution in [-0.4, -0.2) is 41.8 Å². The molecule has 0 aromatic rings. The second kappa shape index (κ2) is 10.5. The number of aliphatic hydroxyl groups is 1. The number of carbonyl (C=O) groups is 2. The van der Waals surface area contributed by atoms with Gasteiger partial charge in [-0.25, -0.2) is 0 Å². The molecule has 2 amide bonds. The van der Waals surface area contributed by atoms with Crippen molar-refractivity contribution in [1.82, 2.24) is 5.32 Å². The molecule has 0 aromatic heterocycles. The summed E-state index contributed by atoms with van der Waals surface area (Å²) in [5.74, 6) is -0.103. The Hall–Kier alpha value is -1.24. The molecule has 1 saturated heterocycles. The first-order chi connectivity index (χ1) is 10.3. The zero-order chi connectivity index (χ0) is 17.3. The number of ether oxygens (including phenoxy) is 1. The minimum absolute atomic E-state index is 0.0222. The Bertz CT molecular complexity index is 396. The highest BCUT2D eigenvalue weighted by Crippen LogP contribution is 2.25. The summed E-state index contributed by atoms with van der Waals surface area (Å²) in [6.07, 6.45) is 3.76. The molecule has 1 rings (SSSR count). The molecule has 1 aliphatic rings. The van der Waals surface area contributed by atoms with E-state index in [1.165, 1.54) is 6.92 Å². The van der Waals surface area contributed by atoms with Gasteiger partial charge in [0.2, 0.25) is 5.91 Å². The van der Waals surface area contributed by atoms with Gasteiger partial charge in [0.15, 0.2) is 0 Å². The zero-order valence-electron chi connectivity index (χ0n) is 14.3. The smallest absolute Gasteiger partial charge is 0.253 e. The number of aliphatic hydroxyl groups excluding tert-OH is 1. The van der Waals surface area contributed by atoms with Crippen molar-refractivity contribution in [2.45, 2.75) is 65.7 Å². The topological polar surface area (TPSA) is 102 Å². The Labute approximate surface area is 133 Å². The first-order valence-electron chi connectivity index (χ1n) is 7.73. The molecule has 6 heteroatoms. The Morgan fingerprint density at radius 3 is 2.41 bits per heavy atom. The fraction of sp³-hybridized carbons (Fsp3) is 0.750. The number of hydrogen-bond donors (Lipinski definition) is 3. The van der Waals surface area contributed by atoms with Crippen molar-refractivity contribution in [2.75, 3.05) is 6.61 Å². The molecule has 1 heterocycles. The molecular weight excluding hydrogens is 284 g/mol. The number of nitrogens with two attached hydrogens (primary N) is 1. The van der Waals surface area contributed by atoms with Crippen molar-refractivity contribution in [1.29, 1.82) is 0 Å². The van der Waals surface area contributed by atoms with Crippen molar-refractivity contribution in [3.05, 3.63) is 11.6 Å². The molecule has 0 aromatic carbocycles. The molecule has 1 aliphatic heterocycles. The lowest BCUT2D eigenvalue weighted by molar-refractivity contribution is -0.127. The third-order valence-electron chi connectivity index (χ3n) is 3.87. The third-order valence-corrected chi connectivity index (χ3v) is 3.87. The maximum absolute atomic E-state index is 10.8. The number of allylic oxidation sites excluding steroid dienone is 1. The van der Waals surface area contributed by atoms with E-state index in [-0.39, 0.29) is 36.7 Å². The van der Waals surface area contributed by atoms with Crippen LogP contribution >= 0.6 is 0 Å². The lowest BCUT2D eigenvalue weighted by Gasteiger charge is -2.17. The van der Waals surface area contributed by atoms with Gasteiger partial charge in [0, 0.05) is 18.5 Å². The minimum atomic E-state index is -0.328. The molecule has 0 saturated carbocycles. The van der Waals surface area contributed by atoms with Crippen LogP contribution in [0.4, 0.5) is 0 Å². The summed E-state index contributed by atoms with van der Waals surface area (Å²) in [6.45, 7) is 9.06. The van der Waals surface area contributed by atoms with Crippen LogP contribution < -0.4 is 11.1 Å². The number of carbonyl (C=O) groups excluding carboxylic acids is 2. The summed E-state index contributed by atoms with van der Waals surface area (Å²) in [5, 5.41) is 11.1. The van der Waals surface area contributed by atoms with Crippen LogP contribution in [0.3, 0.4) is 0 Å². The molecule has 4 N–H and O–H groups in total. The number of amides is 2. The number of hydrogen-bond acceptors (Lipinski definition) is 5. The third kappa shape index (κ3) is 7.15. The molecule has 2 unspecified atom stereocenters. The largest absolute Gasteiger partial charge is 0.394 e. The summed E-state index contributed by atoms with van der Waals surface area (Å²) in [5.41, 5.74) is 6.34. The van der Waals surface area contributed by atoms with Crippen LogP contribution in [0.15, 0.2) is 11.6 Å². The van der Waals surface area contributed by atoms with Gasteiger partial charge in [-0.2, -0.15) is 0 Å². The molecule has 22 heavy (non-hydrogen) atoms. The van der Waals surface area contributed by atoms with Crippen LogP contribution in [0.5, 0.6) is 0 Å². The first-order valence-corrected chi connectivity index (χ1v) is 7.73. The van der Waals surface area contributed by atoms with Crippen molar-refractivity contribution in [2.24, 2.45) is 11.7 Å². The Morgan fingerprint density at radius 2 is 2.05 bits per heavy atom. The predicted octanol–water partition coefficient (Wildman–Crippen LogP) is 1.12. The van der Waals surface area contributed by atoms with E-state index in [2.05, 4.69) is 19.2 Å². The van der Waals surface area contributed by atoms with Gasteiger partial charge in [-0.15, -0.1) is 0 Å². The van der Waals surface area contributed by atoms with Crippen molar-refractivity contribution in [3.63, 3.8) is 0 Å². The second-order valence-electron chi connectivity index (χ2n) is 5.66. The van der Waals surface area contributed by atoms with E-state index in [1.807, 2.05) is 0 Å². The Balaban J connectivity index is 0.000000409. The van der Waals surface area contributed by atoms with E-state index in [0.717, 1.165) is 12.8 Å². The van der Waals surface area contributed by atoms with E-state index >= 15 is 0 Å². The average molecular weight is 314 g/mol. The Morgan fingerprint density at radius 1 is 1.45 bits per heavy atom. The highest BCUT2D eigenvalue weighted by molar-refractivity contribution is 6.03. The molecular formula is C16H30N2O4. The molecule has 0 aliphatic carbocycles. The number of rotatable bonds is 4. The van der Waals surface area contributed by atoms with Gasteiger partial charge in [-0.1, -0.05) is 26.3 Å². The summed E-state index contributed by atoms with van der Waals surface area (Å²) in [7, 11) is 0. The van der Waals surface area contributed by atoms with Crippen molar-refractivity contribution in [3.8, 4) is 0 Å². The standard InChI is InChI=1S/C9H19NO2.C7H11NO2/c1-3-6(2)8-4-7(10)9(5-11)12-8;1-4-5(2)7(10)8-6(3)9/h6-9,11H,3-5,10H2,1-2H3;4H,1-3H3,(H,8,9,10)/b;5-4-/t6?,7-,8?,9+;/m0./s1. The fourth-order valence-electron chi connectivity index (χ4n) is 2.00. The highest BCUT2D eigenvalue weighted by atomic mass is 16.5. The van der Waals surface area contributed by atoms with Crippen LogP contribution in [0.2, 0.25) is 0 Å². The zero-order valence-corrected chi connectivity index (χ0v) is 14.3. The van der Waals surface area contributed by atoms with Gasteiger partial charge in [0.25, 0.3) is 5.91 Å². The molecule has 0 bridgehead atoms. The van der Waals surface area contributed by atoms with Gasteiger partial charge in [-0.05, 0) is 26.2 Å². The Kier molecular flexibility index (Phi) is 9.89.